The molecule has 92 valence electrons. The lowest BCUT2D eigenvalue weighted by atomic mass is 10.1. The number of amides is 1. The summed E-state index contributed by atoms with van der Waals surface area (Å²) in [4.78, 5) is 12.6. The zero-order valence-electron chi connectivity index (χ0n) is 8.88. The highest BCUT2D eigenvalue weighted by Crippen LogP contribution is 2.34. The van der Waals surface area contributed by atoms with Crippen molar-refractivity contribution in [2.75, 3.05) is 0 Å². The number of alkyl halides is 3. The fourth-order valence-electron chi connectivity index (χ4n) is 1.83. The van der Waals surface area contributed by atoms with Crippen molar-refractivity contribution in [1.29, 1.82) is 0 Å². The number of hydrogen-bond acceptors (Lipinski definition) is 1. The second-order valence-electron chi connectivity index (χ2n) is 3.92. The second kappa shape index (κ2) is 3.91. The Morgan fingerprint density at radius 1 is 1.41 bits per heavy atom. The Balaban J connectivity index is 2.36. The molecular weight excluding hydrogens is 255 g/mol. The maximum atomic E-state index is 12.6. The van der Waals surface area contributed by atoms with E-state index in [1.807, 2.05) is 0 Å². The van der Waals surface area contributed by atoms with E-state index >= 15 is 0 Å². The van der Waals surface area contributed by atoms with Gasteiger partial charge in [0.25, 0.3) is 5.91 Å². The normalized spacial score (nSPS) is 17.2. The molecule has 0 aromatic heterocycles. The highest BCUT2D eigenvalue weighted by Gasteiger charge is 2.45. The highest BCUT2D eigenvalue weighted by atomic mass is 35.5. The van der Waals surface area contributed by atoms with Crippen LogP contribution in [0.25, 0.3) is 0 Å². The summed E-state index contributed by atoms with van der Waals surface area (Å²) in [5.41, 5.74) is 0.726. The van der Waals surface area contributed by atoms with E-state index in [-0.39, 0.29) is 17.1 Å². The Hall–Kier alpha value is -1.23. The molecule has 6 heteroatoms. The second-order valence-corrected chi connectivity index (χ2v) is 4.33. The van der Waals surface area contributed by atoms with Crippen LogP contribution in [0.5, 0.6) is 0 Å². The lowest BCUT2D eigenvalue weighted by Gasteiger charge is -2.26. The van der Waals surface area contributed by atoms with Crippen molar-refractivity contribution in [3.05, 3.63) is 34.3 Å². The summed E-state index contributed by atoms with van der Waals surface area (Å²) < 4.78 is 37.7. The predicted molar refractivity (Wildman–Crippen MR) is 56.8 cm³/mol. The number of fused-ring (bicyclic) bond motifs is 1. The van der Waals surface area contributed by atoms with Crippen molar-refractivity contribution in [2.45, 2.75) is 25.7 Å². The predicted octanol–water partition coefficient (Wildman–Crippen LogP) is 3.25. The smallest absolute Gasteiger partial charge is 0.322 e. The molecule has 17 heavy (non-hydrogen) atoms. The van der Waals surface area contributed by atoms with Gasteiger partial charge >= 0.3 is 6.18 Å². The molecule has 0 aliphatic carbocycles. The minimum absolute atomic E-state index is 0.0462. The van der Waals surface area contributed by atoms with Gasteiger partial charge in [-0.2, -0.15) is 13.2 Å². The SMILES string of the molecule is C[C@H](N1Cc2cccc(Cl)c2C1=O)C(F)(F)F. The highest BCUT2D eigenvalue weighted by molar-refractivity contribution is 6.34. The number of hydrogen-bond donors (Lipinski definition) is 0. The van der Waals surface area contributed by atoms with E-state index in [0.717, 1.165) is 11.8 Å². The van der Waals surface area contributed by atoms with Gasteiger partial charge in [0.2, 0.25) is 0 Å². The fourth-order valence-corrected chi connectivity index (χ4v) is 2.10. The molecule has 0 bridgehead atoms. The number of nitrogens with zero attached hydrogens (tertiary/aromatic N) is 1. The third kappa shape index (κ3) is 1.99. The molecule has 1 aromatic rings. The van der Waals surface area contributed by atoms with E-state index in [2.05, 4.69) is 0 Å². The molecule has 1 aromatic carbocycles. The summed E-state index contributed by atoms with van der Waals surface area (Å²) >= 11 is 5.82. The van der Waals surface area contributed by atoms with Crippen molar-refractivity contribution in [3.8, 4) is 0 Å². The molecule has 0 saturated carbocycles. The van der Waals surface area contributed by atoms with Crippen LogP contribution < -0.4 is 0 Å². The Bertz CT molecular complexity index is 472. The molecule has 0 radical (unpaired) electrons. The average Bonchev–Trinajstić information content (AvgIpc) is 2.55. The van der Waals surface area contributed by atoms with Gasteiger partial charge < -0.3 is 4.90 Å². The van der Waals surface area contributed by atoms with Gasteiger partial charge in [-0.25, -0.2) is 0 Å². The van der Waals surface area contributed by atoms with Crippen LogP contribution in [0.1, 0.15) is 22.8 Å². The monoisotopic (exact) mass is 263 g/mol. The first-order valence-electron chi connectivity index (χ1n) is 4.97. The minimum Gasteiger partial charge on any atom is -0.322 e. The third-order valence-corrected chi connectivity index (χ3v) is 3.17. The van der Waals surface area contributed by atoms with Crippen LogP contribution >= 0.6 is 11.6 Å². The fraction of sp³-hybridized carbons (Fsp3) is 0.364. The van der Waals surface area contributed by atoms with E-state index < -0.39 is 18.1 Å². The van der Waals surface area contributed by atoms with Gasteiger partial charge in [0, 0.05) is 6.54 Å². The van der Waals surface area contributed by atoms with Gasteiger partial charge in [-0.3, -0.25) is 4.79 Å². The van der Waals surface area contributed by atoms with Crippen molar-refractivity contribution in [1.82, 2.24) is 4.90 Å². The molecule has 1 aliphatic rings. The minimum atomic E-state index is -4.43. The molecule has 2 nitrogen and oxygen atoms in total. The van der Waals surface area contributed by atoms with E-state index in [1.54, 1.807) is 12.1 Å². The number of carbonyl (C=O) groups excluding carboxylic acids is 1. The number of rotatable bonds is 1. The molecule has 1 aliphatic heterocycles. The molecule has 0 unspecified atom stereocenters. The summed E-state index contributed by atoms with van der Waals surface area (Å²) in [6, 6.07) is 2.93. The van der Waals surface area contributed by atoms with Gasteiger partial charge in [0.05, 0.1) is 10.6 Å². The molecule has 0 N–H and O–H groups in total. The van der Waals surface area contributed by atoms with Gasteiger partial charge in [-0.15, -0.1) is 0 Å². The molecule has 1 heterocycles. The maximum absolute atomic E-state index is 12.6. The zero-order valence-corrected chi connectivity index (χ0v) is 9.64. The lowest BCUT2D eigenvalue weighted by Crippen LogP contribution is -2.43. The number of benzene rings is 1. The summed E-state index contributed by atoms with van der Waals surface area (Å²) in [5.74, 6) is -0.657. The molecule has 1 amide bonds. The van der Waals surface area contributed by atoms with Crippen LogP contribution in [0.3, 0.4) is 0 Å². The van der Waals surface area contributed by atoms with E-state index in [9.17, 15) is 18.0 Å². The first-order valence-corrected chi connectivity index (χ1v) is 5.35. The molecule has 0 saturated heterocycles. The zero-order chi connectivity index (χ0) is 12.8. The van der Waals surface area contributed by atoms with E-state index in [4.69, 9.17) is 11.6 Å². The third-order valence-electron chi connectivity index (χ3n) is 2.86. The van der Waals surface area contributed by atoms with E-state index in [0.29, 0.717) is 5.56 Å². The largest absolute Gasteiger partial charge is 0.408 e. The molecule has 1 atom stereocenters. The van der Waals surface area contributed by atoms with Crippen LogP contribution in [0.15, 0.2) is 18.2 Å². The van der Waals surface area contributed by atoms with Crippen LogP contribution in [-0.2, 0) is 6.54 Å². The Morgan fingerprint density at radius 3 is 2.59 bits per heavy atom. The standard InChI is InChI=1S/C11H9ClF3NO/c1-6(11(13,14)15)16-5-7-3-2-4-8(12)9(7)10(16)17/h2-4,6H,5H2,1H3/t6-/m0/s1. The van der Waals surface area contributed by atoms with E-state index in [1.165, 1.54) is 6.07 Å². The van der Waals surface area contributed by atoms with Crippen molar-refractivity contribution in [2.24, 2.45) is 0 Å². The van der Waals surface area contributed by atoms with Crippen LogP contribution in [0.2, 0.25) is 5.02 Å². The van der Waals surface area contributed by atoms with Crippen LogP contribution in [0, 0.1) is 0 Å². The quantitative estimate of drug-likeness (QED) is 0.762. The van der Waals surface area contributed by atoms with Gasteiger partial charge in [-0.05, 0) is 18.6 Å². The van der Waals surface area contributed by atoms with Crippen molar-refractivity contribution >= 4 is 17.5 Å². The molecule has 0 fully saturated rings. The van der Waals surface area contributed by atoms with Crippen LogP contribution in [0.4, 0.5) is 13.2 Å². The first-order chi connectivity index (χ1) is 7.82. The maximum Gasteiger partial charge on any atom is 0.408 e. The van der Waals surface area contributed by atoms with Crippen molar-refractivity contribution in [3.63, 3.8) is 0 Å². The lowest BCUT2D eigenvalue weighted by molar-refractivity contribution is -0.172. The van der Waals surface area contributed by atoms with Gasteiger partial charge in [-0.1, -0.05) is 23.7 Å². The molecule has 0 spiro atoms. The summed E-state index contributed by atoms with van der Waals surface area (Å²) in [6.45, 7) is 0.924. The molecular formula is C11H9ClF3NO. The number of halogens is 4. The summed E-state index contributed by atoms with van der Waals surface area (Å²) in [6.07, 6.45) is -4.43. The van der Waals surface area contributed by atoms with Gasteiger partial charge in [0.15, 0.2) is 0 Å². The van der Waals surface area contributed by atoms with Crippen LogP contribution in [-0.4, -0.2) is 23.0 Å². The summed E-state index contributed by atoms with van der Waals surface area (Å²) in [7, 11) is 0. The summed E-state index contributed by atoms with van der Waals surface area (Å²) in [5, 5.41) is 0.198. The number of carbonyl (C=O) groups is 1. The Labute approximate surface area is 101 Å². The first kappa shape index (κ1) is 12.2. The molecule has 2 rings (SSSR count). The van der Waals surface area contributed by atoms with Gasteiger partial charge in [0.1, 0.15) is 6.04 Å². The topological polar surface area (TPSA) is 20.3 Å². The average molecular weight is 264 g/mol. The van der Waals surface area contributed by atoms with Crippen molar-refractivity contribution < 1.29 is 18.0 Å². The Morgan fingerprint density at radius 2 is 2.06 bits per heavy atom. The Kier molecular flexibility index (Phi) is 2.81.